The van der Waals surface area contributed by atoms with Crippen LogP contribution in [0, 0.1) is 17.7 Å². The Labute approximate surface area is 184 Å². The van der Waals surface area contributed by atoms with Crippen molar-refractivity contribution in [2.45, 2.75) is 25.0 Å². The van der Waals surface area contributed by atoms with E-state index in [2.05, 4.69) is 30.3 Å². The molecule has 0 bridgehead atoms. The first-order valence-electron chi connectivity index (χ1n) is 9.17. The third-order valence-corrected chi connectivity index (χ3v) is 4.44. The van der Waals surface area contributed by atoms with Gasteiger partial charge in [-0.05, 0) is 55.5 Å². The SMILES string of the molecule is C=C.COC(C)(C(F)F)C(NC(=O)c1ccc(C#Cc2ccc(F)cc2)cc1)C(=O)NO. The zero-order chi connectivity index (χ0) is 24.3. The standard InChI is InChI=1S/C21H19F3N2O4.C2H4/c1-21(30-2,20(23)24)17(19(28)26-29)25-18(27)15-9-5-13(6-10-15)3-4-14-7-11-16(22)12-8-14;1-2/h5-12,17,20,29H,1-2H3,(H,25,27)(H,26,28);1-2H2. The molecule has 2 rings (SSSR count). The van der Waals surface area contributed by atoms with Gasteiger partial charge in [-0.3, -0.25) is 14.8 Å². The fraction of sp³-hybridized carbons (Fsp3) is 0.217. The van der Waals surface area contributed by atoms with Crippen molar-refractivity contribution in [1.29, 1.82) is 0 Å². The van der Waals surface area contributed by atoms with Gasteiger partial charge in [0.2, 0.25) is 0 Å². The topological polar surface area (TPSA) is 87.7 Å². The molecular formula is C23H23F3N2O4. The maximum absolute atomic E-state index is 13.4. The van der Waals surface area contributed by atoms with Gasteiger partial charge in [0.15, 0.2) is 5.60 Å². The summed E-state index contributed by atoms with van der Waals surface area (Å²) in [6.07, 6.45) is -3.13. The second-order valence-electron chi connectivity index (χ2n) is 6.41. The fourth-order valence-corrected chi connectivity index (χ4v) is 2.46. The third-order valence-electron chi connectivity index (χ3n) is 4.44. The number of ether oxygens (including phenoxy) is 1. The quantitative estimate of drug-likeness (QED) is 0.274. The molecule has 0 fully saturated rings. The Kier molecular flexibility index (Phi) is 10.2. The molecule has 0 radical (unpaired) electrons. The van der Waals surface area contributed by atoms with Gasteiger partial charge >= 0.3 is 0 Å². The normalized spacial score (nSPS) is 12.8. The van der Waals surface area contributed by atoms with Crippen molar-refractivity contribution < 1.29 is 32.7 Å². The van der Waals surface area contributed by atoms with E-state index in [1.165, 1.54) is 54.0 Å². The molecule has 0 aliphatic heterocycles. The highest BCUT2D eigenvalue weighted by Gasteiger charge is 2.48. The number of rotatable bonds is 6. The first kappa shape index (κ1) is 26.4. The highest BCUT2D eigenvalue weighted by molar-refractivity contribution is 5.97. The van der Waals surface area contributed by atoms with Gasteiger partial charge in [-0.15, -0.1) is 13.2 Å². The lowest BCUT2D eigenvalue weighted by Gasteiger charge is -2.34. The zero-order valence-corrected chi connectivity index (χ0v) is 17.5. The van der Waals surface area contributed by atoms with Crippen LogP contribution < -0.4 is 10.8 Å². The van der Waals surface area contributed by atoms with Crippen molar-refractivity contribution in [3.63, 3.8) is 0 Å². The van der Waals surface area contributed by atoms with Gasteiger partial charge in [-0.2, -0.15) is 0 Å². The van der Waals surface area contributed by atoms with Crippen LogP contribution in [0.2, 0.25) is 0 Å². The van der Waals surface area contributed by atoms with Crippen LogP contribution in [0.3, 0.4) is 0 Å². The number of hydrogen-bond acceptors (Lipinski definition) is 4. The Bertz CT molecular complexity index is 969. The molecule has 0 aliphatic rings. The number of methoxy groups -OCH3 is 1. The Morgan fingerprint density at radius 1 is 1.03 bits per heavy atom. The van der Waals surface area contributed by atoms with Crippen molar-refractivity contribution in [1.82, 2.24) is 10.8 Å². The molecule has 0 spiro atoms. The second-order valence-corrected chi connectivity index (χ2v) is 6.41. The largest absolute Gasteiger partial charge is 0.370 e. The van der Waals surface area contributed by atoms with E-state index in [0.717, 1.165) is 14.0 Å². The number of amides is 2. The van der Waals surface area contributed by atoms with Crippen LogP contribution in [0.5, 0.6) is 0 Å². The summed E-state index contributed by atoms with van der Waals surface area (Å²) >= 11 is 0. The van der Waals surface area contributed by atoms with E-state index >= 15 is 0 Å². The van der Waals surface area contributed by atoms with Gasteiger partial charge in [0.05, 0.1) is 0 Å². The number of benzene rings is 2. The monoisotopic (exact) mass is 448 g/mol. The Balaban J connectivity index is 0.00000249. The molecule has 2 atom stereocenters. The molecule has 0 saturated carbocycles. The van der Waals surface area contributed by atoms with Gasteiger partial charge in [0.1, 0.15) is 11.9 Å². The molecule has 2 aromatic carbocycles. The lowest BCUT2D eigenvalue weighted by atomic mass is 9.95. The number of carbonyl (C=O) groups is 2. The van der Waals surface area contributed by atoms with Crippen molar-refractivity contribution in [3.8, 4) is 11.8 Å². The molecule has 0 aromatic heterocycles. The van der Waals surface area contributed by atoms with E-state index in [1.54, 1.807) is 0 Å². The predicted octanol–water partition coefficient (Wildman–Crippen LogP) is 3.30. The maximum atomic E-state index is 13.4. The lowest BCUT2D eigenvalue weighted by Crippen LogP contribution is -2.62. The van der Waals surface area contributed by atoms with Crippen LogP contribution >= 0.6 is 0 Å². The fourth-order valence-electron chi connectivity index (χ4n) is 2.46. The van der Waals surface area contributed by atoms with Crippen LogP contribution in [0.25, 0.3) is 0 Å². The van der Waals surface area contributed by atoms with Crippen molar-refractivity contribution in [3.05, 3.63) is 84.2 Å². The molecule has 3 N–H and O–H groups in total. The summed E-state index contributed by atoms with van der Waals surface area (Å²) in [5.74, 6) is 3.22. The molecule has 0 heterocycles. The Morgan fingerprint density at radius 2 is 1.50 bits per heavy atom. The smallest absolute Gasteiger partial charge is 0.269 e. The number of hydroxylamine groups is 1. The van der Waals surface area contributed by atoms with Crippen LogP contribution in [0.4, 0.5) is 13.2 Å². The summed E-state index contributed by atoms with van der Waals surface area (Å²) in [6.45, 7) is 6.94. The molecule has 0 saturated heterocycles. The minimum absolute atomic E-state index is 0.0748. The number of nitrogens with one attached hydrogen (secondary N) is 2. The molecule has 0 aliphatic carbocycles. The van der Waals surface area contributed by atoms with Gasteiger partial charge in [0, 0.05) is 23.8 Å². The molecular weight excluding hydrogens is 425 g/mol. The molecule has 6 nitrogen and oxygen atoms in total. The highest BCUT2D eigenvalue weighted by Crippen LogP contribution is 2.24. The molecule has 9 heteroatoms. The predicted molar refractivity (Wildman–Crippen MR) is 113 cm³/mol. The molecule has 170 valence electrons. The summed E-state index contributed by atoms with van der Waals surface area (Å²) in [4.78, 5) is 24.3. The van der Waals surface area contributed by atoms with E-state index in [-0.39, 0.29) is 11.4 Å². The molecule has 2 unspecified atom stereocenters. The first-order valence-corrected chi connectivity index (χ1v) is 9.17. The van der Waals surface area contributed by atoms with Crippen LogP contribution in [0.15, 0.2) is 61.7 Å². The van der Waals surface area contributed by atoms with Gasteiger partial charge < -0.3 is 10.1 Å². The summed E-state index contributed by atoms with van der Waals surface area (Å²) < 4.78 is 44.5. The van der Waals surface area contributed by atoms with E-state index in [1.807, 2.05) is 0 Å². The number of halogens is 3. The minimum Gasteiger partial charge on any atom is -0.370 e. The number of alkyl halides is 2. The Morgan fingerprint density at radius 3 is 1.91 bits per heavy atom. The highest BCUT2D eigenvalue weighted by atomic mass is 19.3. The van der Waals surface area contributed by atoms with Gasteiger partial charge in [0.25, 0.3) is 18.2 Å². The second kappa shape index (κ2) is 12.3. The number of hydrogen-bond donors (Lipinski definition) is 3. The average molecular weight is 448 g/mol. The summed E-state index contributed by atoms with van der Waals surface area (Å²) in [5.41, 5.74) is 0.106. The van der Waals surface area contributed by atoms with E-state index in [4.69, 9.17) is 9.94 Å². The Hall–Kier alpha value is -3.61. The summed E-state index contributed by atoms with van der Waals surface area (Å²) in [6, 6.07) is 9.57. The van der Waals surface area contributed by atoms with Crippen molar-refractivity contribution >= 4 is 11.8 Å². The molecule has 32 heavy (non-hydrogen) atoms. The minimum atomic E-state index is -3.13. The maximum Gasteiger partial charge on any atom is 0.269 e. The van der Waals surface area contributed by atoms with E-state index in [0.29, 0.717) is 11.1 Å². The third kappa shape index (κ3) is 6.70. The van der Waals surface area contributed by atoms with Gasteiger partial charge in [-0.25, -0.2) is 18.7 Å². The van der Waals surface area contributed by atoms with Gasteiger partial charge in [-0.1, -0.05) is 11.8 Å². The first-order chi connectivity index (χ1) is 15.2. The summed E-state index contributed by atoms with van der Waals surface area (Å²) in [5, 5.41) is 11.0. The summed E-state index contributed by atoms with van der Waals surface area (Å²) in [7, 11) is 0.963. The van der Waals surface area contributed by atoms with Crippen molar-refractivity contribution in [2.75, 3.05) is 7.11 Å². The van der Waals surface area contributed by atoms with E-state index < -0.39 is 29.9 Å². The molecule has 2 aromatic rings. The van der Waals surface area contributed by atoms with Crippen molar-refractivity contribution in [2.24, 2.45) is 0 Å². The van der Waals surface area contributed by atoms with E-state index in [9.17, 15) is 22.8 Å². The molecule has 2 amide bonds. The van der Waals surface area contributed by atoms with Crippen LogP contribution in [-0.2, 0) is 9.53 Å². The lowest BCUT2D eigenvalue weighted by molar-refractivity contribution is -0.157. The van der Waals surface area contributed by atoms with Crippen LogP contribution in [0.1, 0.15) is 28.4 Å². The zero-order valence-electron chi connectivity index (χ0n) is 17.5. The number of carbonyl (C=O) groups excluding carboxylic acids is 2. The van der Waals surface area contributed by atoms with Crippen LogP contribution in [-0.4, -0.2) is 42.2 Å². The average Bonchev–Trinajstić information content (AvgIpc) is 2.82.